The Bertz CT molecular complexity index is 438. The predicted molar refractivity (Wildman–Crippen MR) is 60.5 cm³/mol. The van der Waals surface area contributed by atoms with Crippen LogP contribution in [-0.2, 0) is 4.74 Å². The maximum atomic E-state index is 9.64. The van der Waals surface area contributed by atoms with Gasteiger partial charge in [-0.3, -0.25) is 0 Å². The lowest BCUT2D eigenvalue weighted by atomic mass is 10.0. The van der Waals surface area contributed by atoms with Crippen LogP contribution in [0.25, 0.3) is 5.57 Å². The van der Waals surface area contributed by atoms with Crippen molar-refractivity contribution in [2.45, 2.75) is 6.29 Å². The topological polar surface area (TPSA) is 29.5 Å². The third-order valence-corrected chi connectivity index (χ3v) is 2.75. The fraction of sp³-hybridized carbons (Fsp3) is 0.0909. The Morgan fingerprint density at radius 2 is 1.93 bits per heavy atom. The number of halogens is 2. The van der Waals surface area contributed by atoms with Crippen molar-refractivity contribution in [3.05, 3.63) is 52.2 Å². The van der Waals surface area contributed by atoms with Crippen LogP contribution in [-0.4, -0.2) is 11.4 Å². The summed E-state index contributed by atoms with van der Waals surface area (Å²) in [6.45, 7) is 0. The first-order valence-corrected chi connectivity index (χ1v) is 5.10. The molecule has 0 bridgehead atoms. The second-order valence-corrected chi connectivity index (χ2v) is 3.85. The van der Waals surface area contributed by atoms with Crippen molar-refractivity contribution in [2.24, 2.45) is 0 Å². The van der Waals surface area contributed by atoms with Gasteiger partial charge in [0.25, 0.3) is 0 Å². The molecule has 0 spiro atoms. The zero-order valence-electron chi connectivity index (χ0n) is 7.65. The van der Waals surface area contributed by atoms with Crippen LogP contribution in [0, 0.1) is 0 Å². The van der Waals surface area contributed by atoms with E-state index in [1.165, 1.54) is 6.26 Å². The summed E-state index contributed by atoms with van der Waals surface area (Å²) in [5.74, 6) is 0. The number of hydrogen-bond donors (Lipinski definition) is 1. The number of benzene rings is 1. The van der Waals surface area contributed by atoms with Crippen LogP contribution in [0.1, 0.15) is 5.56 Å². The molecule has 1 heterocycles. The van der Waals surface area contributed by atoms with E-state index in [4.69, 9.17) is 27.9 Å². The number of aliphatic hydroxyl groups is 1. The average Bonchev–Trinajstić information content (AvgIpc) is 2.20. The molecule has 0 saturated heterocycles. The first kappa shape index (κ1) is 10.6. The van der Waals surface area contributed by atoms with E-state index in [2.05, 4.69) is 0 Å². The smallest absolute Gasteiger partial charge is 0.225 e. The van der Waals surface area contributed by atoms with Crippen molar-refractivity contribution in [1.82, 2.24) is 0 Å². The SMILES string of the molecule is OC1OC=CC(Cl)=C1c1ccccc1Cl. The van der Waals surface area contributed by atoms with Gasteiger partial charge in [0.1, 0.15) is 0 Å². The third kappa shape index (κ3) is 2.02. The minimum absolute atomic E-state index is 0.432. The molecule has 0 aliphatic carbocycles. The lowest BCUT2D eigenvalue weighted by Crippen LogP contribution is -2.15. The van der Waals surface area contributed by atoms with Crippen molar-refractivity contribution in [3.8, 4) is 0 Å². The summed E-state index contributed by atoms with van der Waals surface area (Å²) >= 11 is 12.0. The summed E-state index contributed by atoms with van der Waals surface area (Å²) in [5.41, 5.74) is 1.17. The number of allylic oxidation sites excluding steroid dienone is 2. The third-order valence-electron chi connectivity index (χ3n) is 2.09. The van der Waals surface area contributed by atoms with Crippen LogP contribution in [0.5, 0.6) is 0 Å². The van der Waals surface area contributed by atoms with E-state index in [1.54, 1.807) is 18.2 Å². The molecule has 2 nitrogen and oxygen atoms in total. The summed E-state index contributed by atoms with van der Waals surface area (Å²) in [6.07, 6.45) is 1.86. The second kappa shape index (κ2) is 4.27. The number of hydrogen-bond acceptors (Lipinski definition) is 2. The van der Waals surface area contributed by atoms with Gasteiger partial charge in [-0.2, -0.15) is 0 Å². The summed E-state index contributed by atoms with van der Waals surface area (Å²) < 4.78 is 4.94. The number of rotatable bonds is 1. The Kier molecular flexibility index (Phi) is 3.00. The fourth-order valence-corrected chi connectivity index (χ4v) is 1.87. The molecule has 0 fully saturated rings. The molecule has 1 aliphatic heterocycles. The quantitative estimate of drug-likeness (QED) is 0.820. The molecule has 1 aromatic rings. The largest absolute Gasteiger partial charge is 0.468 e. The van der Waals surface area contributed by atoms with Crippen LogP contribution in [0.15, 0.2) is 41.6 Å². The molecule has 1 atom stereocenters. The summed E-state index contributed by atoms with van der Waals surface area (Å²) in [7, 11) is 0. The van der Waals surface area contributed by atoms with E-state index >= 15 is 0 Å². The zero-order valence-corrected chi connectivity index (χ0v) is 9.16. The summed E-state index contributed by atoms with van der Waals surface area (Å²) in [6, 6.07) is 7.15. The lowest BCUT2D eigenvalue weighted by molar-refractivity contribution is -0.00475. The van der Waals surface area contributed by atoms with Crippen LogP contribution in [0.3, 0.4) is 0 Å². The van der Waals surface area contributed by atoms with Crippen molar-refractivity contribution < 1.29 is 9.84 Å². The molecular weight excluding hydrogens is 235 g/mol. The van der Waals surface area contributed by atoms with Crippen LogP contribution < -0.4 is 0 Å². The van der Waals surface area contributed by atoms with Gasteiger partial charge >= 0.3 is 0 Å². The Hall–Kier alpha value is -0.960. The number of aliphatic hydroxyl groups excluding tert-OH is 1. The van der Waals surface area contributed by atoms with Gasteiger partial charge in [0.15, 0.2) is 0 Å². The zero-order chi connectivity index (χ0) is 10.8. The second-order valence-electron chi connectivity index (χ2n) is 3.03. The predicted octanol–water partition coefficient (Wildman–Crippen LogP) is 3.15. The maximum absolute atomic E-state index is 9.64. The van der Waals surface area contributed by atoms with E-state index < -0.39 is 6.29 Å². The highest BCUT2D eigenvalue weighted by Gasteiger charge is 2.21. The molecule has 1 aliphatic rings. The van der Waals surface area contributed by atoms with Crippen molar-refractivity contribution >= 4 is 28.8 Å². The van der Waals surface area contributed by atoms with E-state index in [-0.39, 0.29) is 0 Å². The molecule has 4 heteroatoms. The van der Waals surface area contributed by atoms with Crippen LogP contribution in [0.2, 0.25) is 5.02 Å². The van der Waals surface area contributed by atoms with E-state index in [0.717, 1.165) is 0 Å². The van der Waals surface area contributed by atoms with E-state index in [9.17, 15) is 5.11 Å². The van der Waals surface area contributed by atoms with Crippen molar-refractivity contribution in [1.29, 1.82) is 0 Å². The first-order chi connectivity index (χ1) is 7.20. The Balaban J connectivity index is 2.54. The molecule has 15 heavy (non-hydrogen) atoms. The van der Waals surface area contributed by atoms with Gasteiger partial charge in [0.2, 0.25) is 6.29 Å². The molecule has 0 amide bonds. The Morgan fingerprint density at radius 3 is 2.60 bits per heavy atom. The minimum Gasteiger partial charge on any atom is -0.468 e. The lowest BCUT2D eigenvalue weighted by Gasteiger charge is -2.20. The van der Waals surface area contributed by atoms with Crippen LogP contribution in [0.4, 0.5) is 0 Å². The van der Waals surface area contributed by atoms with Crippen molar-refractivity contribution in [3.63, 3.8) is 0 Å². The molecule has 0 saturated carbocycles. The highest BCUT2D eigenvalue weighted by Crippen LogP contribution is 2.33. The Labute approximate surface area is 97.4 Å². The molecule has 1 N–H and O–H groups in total. The summed E-state index contributed by atoms with van der Waals surface area (Å²) in [4.78, 5) is 0. The van der Waals surface area contributed by atoms with Gasteiger partial charge in [-0.05, 0) is 12.1 Å². The molecule has 1 aromatic carbocycles. The minimum atomic E-state index is -1.07. The first-order valence-electron chi connectivity index (χ1n) is 4.35. The molecular formula is C11H8Cl2O2. The molecule has 2 rings (SSSR count). The van der Waals surface area contributed by atoms with E-state index in [0.29, 0.717) is 21.2 Å². The van der Waals surface area contributed by atoms with Gasteiger partial charge in [-0.1, -0.05) is 41.4 Å². The van der Waals surface area contributed by atoms with Gasteiger partial charge in [-0.25, -0.2) is 0 Å². The molecule has 0 aromatic heterocycles. The molecule has 78 valence electrons. The monoisotopic (exact) mass is 242 g/mol. The van der Waals surface area contributed by atoms with Crippen LogP contribution >= 0.6 is 23.2 Å². The highest BCUT2D eigenvalue weighted by molar-refractivity contribution is 6.36. The van der Waals surface area contributed by atoms with Crippen molar-refractivity contribution in [2.75, 3.05) is 0 Å². The summed E-state index contributed by atoms with van der Waals surface area (Å²) in [5, 5.41) is 10.6. The van der Waals surface area contributed by atoms with Gasteiger partial charge in [0.05, 0.1) is 11.3 Å². The number of ether oxygens (including phenoxy) is 1. The highest BCUT2D eigenvalue weighted by atomic mass is 35.5. The van der Waals surface area contributed by atoms with E-state index in [1.807, 2.05) is 12.1 Å². The normalized spacial score (nSPS) is 20.3. The van der Waals surface area contributed by atoms with Gasteiger partial charge < -0.3 is 9.84 Å². The molecule has 1 unspecified atom stereocenters. The maximum Gasteiger partial charge on any atom is 0.225 e. The fourth-order valence-electron chi connectivity index (χ4n) is 1.39. The standard InChI is InChI=1S/C11H8Cl2O2/c12-8-4-2-1-3-7(8)10-9(13)5-6-15-11(10)14/h1-6,11,14H. The average molecular weight is 243 g/mol. The molecule has 0 radical (unpaired) electrons. The Morgan fingerprint density at radius 1 is 1.20 bits per heavy atom. The van der Waals surface area contributed by atoms with Gasteiger partial charge in [0, 0.05) is 16.2 Å². The van der Waals surface area contributed by atoms with Gasteiger partial charge in [-0.15, -0.1) is 0 Å².